The van der Waals surface area contributed by atoms with Crippen molar-refractivity contribution in [3.63, 3.8) is 0 Å². The lowest BCUT2D eigenvalue weighted by atomic mass is 10.1. The minimum atomic E-state index is -0.303. The number of anilines is 2. The van der Waals surface area contributed by atoms with Gasteiger partial charge in [0.2, 0.25) is 0 Å². The summed E-state index contributed by atoms with van der Waals surface area (Å²) in [5.74, 6) is 0.431. The van der Waals surface area contributed by atoms with E-state index in [9.17, 15) is 4.79 Å². The Bertz CT molecular complexity index is 921. The maximum absolute atomic E-state index is 12.6. The maximum atomic E-state index is 12.6. The average molecular weight is 407 g/mol. The molecule has 0 bridgehead atoms. The van der Waals surface area contributed by atoms with Gasteiger partial charge in [-0.15, -0.1) is 23.7 Å². The number of hydrogen-bond acceptors (Lipinski definition) is 6. The van der Waals surface area contributed by atoms with E-state index in [1.165, 1.54) is 11.3 Å². The number of ether oxygens (including phenoxy) is 1. The first kappa shape index (κ1) is 20.9. The van der Waals surface area contributed by atoms with Crippen LogP contribution in [-0.4, -0.2) is 27.1 Å². The number of pyridine rings is 1. The molecule has 0 aliphatic carbocycles. The Labute approximate surface area is 169 Å². The molecule has 0 spiro atoms. The first-order valence-electron chi connectivity index (χ1n) is 8.57. The summed E-state index contributed by atoms with van der Waals surface area (Å²) in [7, 11) is 0. The highest BCUT2D eigenvalue weighted by atomic mass is 35.5. The fourth-order valence-corrected chi connectivity index (χ4v) is 3.82. The standard InChI is InChI=1S/C19H22N4O2S.ClH/c1-5-23-12(3)16(17(13(23)4)18(24)25-6-2)14-11-26-19(21-14)22-15-9-7-8-10-20-15;/h7-11H,5-6H2,1-4H3,(H,20,21,22);1H. The molecule has 0 aromatic carbocycles. The number of aromatic nitrogens is 3. The molecule has 0 aliphatic rings. The predicted octanol–water partition coefficient (Wildman–Crippen LogP) is 4.99. The first-order chi connectivity index (χ1) is 12.6. The highest BCUT2D eigenvalue weighted by molar-refractivity contribution is 7.14. The number of thiazole rings is 1. The molecule has 0 amide bonds. The van der Waals surface area contributed by atoms with Gasteiger partial charge in [0.05, 0.1) is 17.9 Å². The van der Waals surface area contributed by atoms with E-state index in [4.69, 9.17) is 4.74 Å². The third-order valence-corrected chi connectivity index (χ3v) is 5.00. The van der Waals surface area contributed by atoms with Gasteiger partial charge < -0.3 is 14.6 Å². The summed E-state index contributed by atoms with van der Waals surface area (Å²) in [4.78, 5) is 21.5. The Morgan fingerprint density at radius 2 is 2.04 bits per heavy atom. The van der Waals surface area contributed by atoms with Crippen molar-refractivity contribution in [1.29, 1.82) is 0 Å². The second-order valence-electron chi connectivity index (χ2n) is 5.76. The van der Waals surface area contributed by atoms with Crippen LogP contribution in [0, 0.1) is 13.8 Å². The number of halogens is 1. The fourth-order valence-electron chi connectivity index (χ4n) is 3.12. The summed E-state index contributed by atoms with van der Waals surface area (Å²) >= 11 is 1.48. The normalized spacial score (nSPS) is 10.4. The van der Waals surface area contributed by atoms with Gasteiger partial charge in [0.15, 0.2) is 5.13 Å². The number of carbonyl (C=O) groups is 1. The molecule has 0 radical (unpaired) electrons. The van der Waals surface area contributed by atoms with Crippen LogP contribution in [0.1, 0.15) is 35.6 Å². The van der Waals surface area contributed by atoms with Crippen molar-refractivity contribution in [2.45, 2.75) is 34.2 Å². The smallest absolute Gasteiger partial charge is 0.340 e. The van der Waals surface area contributed by atoms with Crippen molar-refractivity contribution in [3.8, 4) is 11.3 Å². The van der Waals surface area contributed by atoms with Crippen LogP contribution in [-0.2, 0) is 11.3 Å². The maximum Gasteiger partial charge on any atom is 0.340 e. The van der Waals surface area contributed by atoms with E-state index in [1.54, 1.807) is 6.20 Å². The van der Waals surface area contributed by atoms with Crippen molar-refractivity contribution in [1.82, 2.24) is 14.5 Å². The molecule has 6 nitrogen and oxygen atoms in total. The Hall–Kier alpha value is -2.38. The van der Waals surface area contributed by atoms with Crippen molar-refractivity contribution < 1.29 is 9.53 Å². The van der Waals surface area contributed by atoms with E-state index in [-0.39, 0.29) is 18.4 Å². The van der Waals surface area contributed by atoms with Crippen LogP contribution in [0.5, 0.6) is 0 Å². The van der Waals surface area contributed by atoms with E-state index >= 15 is 0 Å². The van der Waals surface area contributed by atoms with E-state index in [2.05, 4.69) is 26.8 Å². The van der Waals surface area contributed by atoms with E-state index in [0.29, 0.717) is 12.2 Å². The number of nitrogens with zero attached hydrogens (tertiary/aromatic N) is 3. The van der Waals surface area contributed by atoms with Crippen LogP contribution >= 0.6 is 23.7 Å². The van der Waals surface area contributed by atoms with Gasteiger partial charge in [-0.25, -0.2) is 14.8 Å². The molecule has 3 heterocycles. The molecule has 0 fully saturated rings. The minimum absolute atomic E-state index is 0. The molecule has 0 unspecified atom stereocenters. The van der Waals surface area contributed by atoms with Crippen LogP contribution in [0.3, 0.4) is 0 Å². The summed E-state index contributed by atoms with van der Waals surface area (Å²) in [5, 5.41) is 5.88. The van der Waals surface area contributed by atoms with Gasteiger partial charge in [0.1, 0.15) is 5.82 Å². The Morgan fingerprint density at radius 3 is 2.67 bits per heavy atom. The second-order valence-corrected chi connectivity index (χ2v) is 6.62. The van der Waals surface area contributed by atoms with Crippen LogP contribution in [0.25, 0.3) is 11.3 Å². The fraction of sp³-hybridized carbons (Fsp3) is 0.316. The van der Waals surface area contributed by atoms with Gasteiger partial charge in [0.25, 0.3) is 0 Å². The van der Waals surface area contributed by atoms with E-state index in [1.807, 2.05) is 44.4 Å². The summed E-state index contributed by atoms with van der Waals surface area (Å²) in [6, 6.07) is 5.66. The SMILES string of the molecule is CCOC(=O)c1c(-c2csc(Nc3ccccn3)n2)c(C)n(CC)c1C.Cl. The molecule has 1 N–H and O–H groups in total. The van der Waals surface area contributed by atoms with Crippen LogP contribution < -0.4 is 5.32 Å². The molecule has 0 saturated heterocycles. The van der Waals surface area contributed by atoms with Crippen LogP contribution in [0.2, 0.25) is 0 Å². The lowest BCUT2D eigenvalue weighted by Gasteiger charge is -2.05. The molecule has 3 rings (SSSR count). The van der Waals surface area contributed by atoms with Crippen molar-refractivity contribution in [2.75, 3.05) is 11.9 Å². The first-order valence-corrected chi connectivity index (χ1v) is 9.45. The Balaban J connectivity index is 0.00000261. The minimum Gasteiger partial charge on any atom is -0.462 e. The number of carbonyl (C=O) groups excluding carboxylic acids is 1. The highest BCUT2D eigenvalue weighted by Gasteiger charge is 2.26. The number of esters is 1. The molecule has 0 atom stereocenters. The van der Waals surface area contributed by atoms with Crippen LogP contribution in [0.15, 0.2) is 29.8 Å². The zero-order valence-corrected chi connectivity index (χ0v) is 17.4. The third-order valence-electron chi connectivity index (χ3n) is 4.24. The van der Waals surface area contributed by atoms with Gasteiger partial charge in [-0.3, -0.25) is 0 Å². The Morgan fingerprint density at radius 1 is 1.26 bits per heavy atom. The monoisotopic (exact) mass is 406 g/mol. The summed E-state index contributed by atoms with van der Waals surface area (Å²) in [6.07, 6.45) is 1.73. The summed E-state index contributed by atoms with van der Waals surface area (Å²) < 4.78 is 7.40. The van der Waals surface area contributed by atoms with Gasteiger partial charge >= 0.3 is 5.97 Å². The quantitative estimate of drug-likeness (QED) is 0.584. The lowest BCUT2D eigenvalue weighted by molar-refractivity contribution is 0.0526. The summed E-state index contributed by atoms with van der Waals surface area (Å²) in [6.45, 7) is 8.97. The molecule has 3 aromatic heterocycles. The number of rotatable bonds is 6. The predicted molar refractivity (Wildman–Crippen MR) is 111 cm³/mol. The van der Waals surface area contributed by atoms with E-state index in [0.717, 1.165) is 40.1 Å². The molecule has 3 aromatic rings. The highest BCUT2D eigenvalue weighted by Crippen LogP contribution is 2.35. The van der Waals surface area contributed by atoms with Gasteiger partial charge in [-0.2, -0.15) is 0 Å². The van der Waals surface area contributed by atoms with Gasteiger partial charge in [0, 0.05) is 35.1 Å². The second kappa shape index (κ2) is 9.01. The molecule has 144 valence electrons. The summed E-state index contributed by atoms with van der Waals surface area (Å²) in [5.41, 5.74) is 4.13. The average Bonchev–Trinajstić information content (AvgIpc) is 3.18. The molecule has 0 aliphatic heterocycles. The molecule has 8 heteroatoms. The Kier molecular flexibility index (Phi) is 6.98. The third kappa shape index (κ3) is 4.14. The zero-order chi connectivity index (χ0) is 18.7. The lowest BCUT2D eigenvalue weighted by Crippen LogP contribution is -2.08. The number of nitrogens with one attached hydrogen (secondary N) is 1. The van der Waals surface area contributed by atoms with E-state index < -0.39 is 0 Å². The number of hydrogen-bond donors (Lipinski definition) is 1. The zero-order valence-electron chi connectivity index (χ0n) is 15.8. The largest absolute Gasteiger partial charge is 0.462 e. The van der Waals surface area contributed by atoms with Crippen LogP contribution in [0.4, 0.5) is 10.9 Å². The topological polar surface area (TPSA) is 69.0 Å². The van der Waals surface area contributed by atoms with Gasteiger partial charge in [-0.1, -0.05) is 6.07 Å². The van der Waals surface area contributed by atoms with Gasteiger partial charge in [-0.05, 0) is 39.8 Å². The molecular formula is C19H23ClN4O2S. The van der Waals surface area contributed by atoms with Crippen molar-refractivity contribution >= 4 is 40.7 Å². The molecule has 27 heavy (non-hydrogen) atoms. The molecular weight excluding hydrogens is 384 g/mol. The van der Waals surface area contributed by atoms with Crippen molar-refractivity contribution in [3.05, 3.63) is 46.7 Å². The molecule has 0 saturated carbocycles. The van der Waals surface area contributed by atoms with Crippen molar-refractivity contribution in [2.24, 2.45) is 0 Å².